The first kappa shape index (κ1) is 23.5. The van der Waals surface area contributed by atoms with Gasteiger partial charge >= 0.3 is 11.8 Å². The third-order valence-corrected chi connectivity index (χ3v) is 8.05. The number of thiophene rings is 1. The molecule has 0 radical (unpaired) electrons. The molecule has 7 nitrogen and oxygen atoms in total. The number of carbonyl (C=O) groups excluding carboxylic acids is 2. The van der Waals surface area contributed by atoms with Crippen molar-refractivity contribution in [3.63, 3.8) is 0 Å². The summed E-state index contributed by atoms with van der Waals surface area (Å²) in [5.74, 6) is -0.937. The summed E-state index contributed by atoms with van der Waals surface area (Å²) in [7, 11) is -2.17. The first-order valence-electron chi connectivity index (χ1n) is 9.93. The first-order valence-corrected chi connectivity index (χ1v) is 12.4. The quantitative estimate of drug-likeness (QED) is 0.467. The number of amides is 2. The highest BCUT2D eigenvalue weighted by Crippen LogP contribution is 2.31. The van der Waals surface area contributed by atoms with Crippen LogP contribution in [0.5, 0.6) is 5.75 Å². The summed E-state index contributed by atoms with van der Waals surface area (Å²) in [5, 5.41) is 5.82. The van der Waals surface area contributed by atoms with Crippen LogP contribution in [0.3, 0.4) is 0 Å². The number of sulfone groups is 1. The fraction of sp³-hybridized carbons (Fsp3) is 0.217. The highest BCUT2D eigenvalue weighted by Gasteiger charge is 2.31. The Kier molecular flexibility index (Phi) is 8.02. The Bertz CT molecular complexity index is 1130. The molecule has 0 spiro atoms. The van der Waals surface area contributed by atoms with E-state index in [1.807, 2.05) is 24.3 Å². The number of carbonyl (C=O) groups is 2. The minimum absolute atomic E-state index is 0.164. The van der Waals surface area contributed by atoms with Crippen LogP contribution in [0.15, 0.2) is 77.0 Å². The fourth-order valence-electron chi connectivity index (χ4n) is 3.07. The maximum absolute atomic E-state index is 13.1. The van der Waals surface area contributed by atoms with Gasteiger partial charge in [-0.05, 0) is 47.7 Å². The second-order valence-electron chi connectivity index (χ2n) is 6.93. The highest BCUT2D eigenvalue weighted by molar-refractivity contribution is 7.91. The van der Waals surface area contributed by atoms with Gasteiger partial charge in [0.05, 0.1) is 12.0 Å². The van der Waals surface area contributed by atoms with Crippen LogP contribution < -0.4 is 15.4 Å². The molecule has 0 saturated heterocycles. The topological polar surface area (TPSA) is 102 Å². The Morgan fingerprint density at radius 3 is 2.25 bits per heavy atom. The number of ether oxygens (including phenoxy) is 1. The van der Waals surface area contributed by atoms with Gasteiger partial charge in [-0.25, -0.2) is 8.42 Å². The van der Waals surface area contributed by atoms with Gasteiger partial charge in [0.15, 0.2) is 9.84 Å². The monoisotopic (exact) mass is 472 g/mol. The van der Waals surface area contributed by atoms with Gasteiger partial charge < -0.3 is 15.4 Å². The first-order chi connectivity index (χ1) is 15.4. The average molecular weight is 473 g/mol. The summed E-state index contributed by atoms with van der Waals surface area (Å²) >= 11 is 1.29. The molecule has 3 rings (SSSR count). The van der Waals surface area contributed by atoms with Gasteiger partial charge in [0.1, 0.15) is 11.0 Å². The van der Waals surface area contributed by atoms with E-state index < -0.39 is 26.9 Å². The lowest BCUT2D eigenvalue weighted by Crippen LogP contribution is -2.42. The number of methoxy groups -OCH3 is 1. The Hall–Kier alpha value is -3.17. The molecule has 2 aromatic carbocycles. The summed E-state index contributed by atoms with van der Waals surface area (Å²) in [6.45, 7) is 0.0672. The summed E-state index contributed by atoms with van der Waals surface area (Å²) < 4.78 is 31.4. The van der Waals surface area contributed by atoms with E-state index in [4.69, 9.17) is 4.74 Å². The molecule has 32 heavy (non-hydrogen) atoms. The molecule has 0 saturated carbocycles. The second-order valence-corrected chi connectivity index (χ2v) is 10.0. The van der Waals surface area contributed by atoms with Crippen molar-refractivity contribution in [2.45, 2.75) is 16.6 Å². The molecule has 1 heterocycles. The Morgan fingerprint density at radius 1 is 0.938 bits per heavy atom. The van der Waals surface area contributed by atoms with Crippen LogP contribution in [0, 0.1) is 0 Å². The van der Waals surface area contributed by atoms with Crippen LogP contribution in [-0.4, -0.2) is 40.4 Å². The van der Waals surface area contributed by atoms with Crippen LogP contribution in [-0.2, 0) is 25.8 Å². The van der Waals surface area contributed by atoms with Crippen molar-refractivity contribution in [2.75, 3.05) is 20.2 Å². The second kappa shape index (κ2) is 10.9. The number of rotatable bonds is 9. The van der Waals surface area contributed by atoms with Crippen molar-refractivity contribution in [1.29, 1.82) is 0 Å². The van der Waals surface area contributed by atoms with Crippen LogP contribution in [0.2, 0.25) is 0 Å². The fourth-order valence-corrected chi connectivity index (χ4v) is 5.88. The molecule has 0 unspecified atom stereocenters. The Balaban J connectivity index is 1.58. The predicted molar refractivity (Wildman–Crippen MR) is 123 cm³/mol. The van der Waals surface area contributed by atoms with Crippen molar-refractivity contribution in [2.24, 2.45) is 0 Å². The van der Waals surface area contributed by atoms with E-state index in [0.717, 1.165) is 11.3 Å². The van der Waals surface area contributed by atoms with E-state index in [2.05, 4.69) is 10.6 Å². The van der Waals surface area contributed by atoms with Crippen molar-refractivity contribution in [1.82, 2.24) is 10.6 Å². The van der Waals surface area contributed by atoms with E-state index in [1.54, 1.807) is 42.8 Å². The van der Waals surface area contributed by atoms with Gasteiger partial charge in [0.2, 0.25) is 0 Å². The molecule has 168 valence electrons. The van der Waals surface area contributed by atoms with Crippen molar-refractivity contribution < 1.29 is 22.7 Å². The summed E-state index contributed by atoms with van der Waals surface area (Å²) in [6, 6.07) is 18.9. The van der Waals surface area contributed by atoms with Gasteiger partial charge in [0, 0.05) is 18.0 Å². The molecule has 1 aromatic heterocycles. The minimum Gasteiger partial charge on any atom is -0.497 e. The van der Waals surface area contributed by atoms with E-state index in [0.29, 0.717) is 11.3 Å². The SMILES string of the molecule is COc1ccc(CCNC(=O)C(=O)NC[C@H](c2cccs2)S(=O)(=O)c2ccccc2)cc1. The van der Waals surface area contributed by atoms with E-state index in [-0.39, 0.29) is 18.0 Å². The number of nitrogens with one attached hydrogen (secondary N) is 2. The zero-order valence-corrected chi connectivity index (χ0v) is 19.1. The average Bonchev–Trinajstić information content (AvgIpc) is 3.34. The smallest absolute Gasteiger partial charge is 0.309 e. The molecule has 3 aromatic rings. The molecule has 0 aliphatic carbocycles. The zero-order chi connectivity index (χ0) is 23.0. The summed E-state index contributed by atoms with van der Waals surface area (Å²) in [6.07, 6.45) is 0.545. The minimum atomic E-state index is -3.75. The van der Waals surface area contributed by atoms with Crippen LogP contribution in [0.1, 0.15) is 15.7 Å². The van der Waals surface area contributed by atoms with Gasteiger partial charge in [-0.3, -0.25) is 9.59 Å². The largest absolute Gasteiger partial charge is 0.497 e. The Labute approximate surface area is 191 Å². The molecule has 0 aliphatic heterocycles. The molecular formula is C23H24N2O5S2. The maximum atomic E-state index is 13.1. The van der Waals surface area contributed by atoms with Crippen molar-refractivity contribution in [3.05, 3.63) is 82.6 Å². The molecule has 2 amide bonds. The van der Waals surface area contributed by atoms with E-state index in [1.165, 1.54) is 23.5 Å². The maximum Gasteiger partial charge on any atom is 0.309 e. The lowest BCUT2D eigenvalue weighted by molar-refractivity contribution is -0.139. The molecule has 1 atom stereocenters. The van der Waals surface area contributed by atoms with Crippen molar-refractivity contribution >= 4 is 33.0 Å². The number of hydrogen-bond donors (Lipinski definition) is 2. The number of hydrogen-bond acceptors (Lipinski definition) is 6. The lowest BCUT2D eigenvalue weighted by atomic mass is 10.1. The van der Waals surface area contributed by atoms with Crippen LogP contribution >= 0.6 is 11.3 Å². The van der Waals surface area contributed by atoms with E-state index in [9.17, 15) is 18.0 Å². The molecule has 2 N–H and O–H groups in total. The summed E-state index contributed by atoms with van der Waals surface area (Å²) in [5.41, 5.74) is 0.984. The predicted octanol–water partition coefficient (Wildman–Crippen LogP) is 2.75. The third kappa shape index (κ3) is 5.95. The lowest BCUT2D eigenvalue weighted by Gasteiger charge is -2.17. The normalized spacial score (nSPS) is 12.0. The molecule has 0 aliphatic rings. The molecule has 0 fully saturated rings. The molecule has 0 bridgehead atoms. The summed E-state index contributed by atoms with van der Waals surface area (Å²) in [4.78, 5) is 25.2. The van der Waals surface area contributed by atoms with Crippen LogP contribution in [0.4, 0.5) is 0 Å². The van der Waals surface area contributed by atoms with Gasteiger partial charge in [-0.15, -0.1) is 11.3 Å². The molecular weight excluding hydrogens is 448 g/mol. The van der Waals surface area contributed by atoms with Crippen LogP contribution in [0.25, 0.3) is 0 Å². The Morgan fingerprint density at radius 2 is 1.62 bits per heavy atom. The highest BCUT2D eigenvalue weighted by atomic mass is 32.2. The third-order valence-electron chi connectivity index (χ3n) is 4.82. The standard InChI is InChI=1S/C23H24N2O5S2/c1-30-18-11-9-17(10-12-18)13-14-24-22(26)23(27)25-16-21(20-8-5-15-31-20)32(28,29)19-6-3-2-4-7-19/h2-12,15,21H,13-14,16H2,1H3,(H,24,26)(H,25,27)/t21-/m1/s1. The zero-order valence-electron chi connectivity index (χ0n) is 17.5. The van der Waals surface area contributed by atoms with Gasteiger partial charge in [-0.1, -0.05) is 36.4 Å². The number of benzene rings is 2. The molecule has 9 heteroatoms. The van der Waals surface area contributed by atoms with E-state index >= 15 is 0 Å². The van der Waals surface area contributed by atoms with Gasteiger partial charge in [0.25, 0.3) is 0 Å². The van der Waals surface area contributed by atoms with Crippen molar-refractivity contribution in [3.8, 4) is 5.75 Å². The van der Waals surface area contributed by atoms with Gasteiger partial charge in [-0.2, -0.15) is 0 Å².